The Morgan fingerprint density at radius 1 is 1.06 bits per heavy atom. The number of aromatic nitrogens is 3. The lowest BCUT2D eigenvalue weighted by atomic mass is 10.0. The molecule has 0 saturated carbocycles. The number of thioether (sulfide) groups is 1. The molecule has 0 saturated heterocycles. The first kappa shape index (κ1) is 19.6. The van der Waals surface area contributed by atoms with E-state index in [9.17, 15) is 9.18 Å². The summed E-state index contributed by atoms with van der Waals surface area (Å²) < 4.78 is 15.3. The van der Waals surface area contributed by atoms with Crippen molar-refractivity contribution in [2.75, 3.05) is 5.75 Å². The second-order valence-corrected chi connectivity index (χ2v) is 8.45. The summed E-state index contributed by atoms with van der Waals surface area (Å²) in [5.74, 6) is -0.174. The number of hydrazone groups is 1. The molecule has 3 heterocycles. The van der Waals surface area contributed by atoms with Gasteiger partial charge in [0.15, 0.2) is 5.17 Å². The van der Waals surface area contributed by atoms with Gasteiger partial charge in [-0.15, -0.1) is 5.10 Å². The molecule has 0 aliphatic carbocycles. The number of aliphatic imine (C=N–C) groups is 1. The SMILES string of the molecule is Cc1ccc(-n2nnc(C3=NN(C4=NC(=O)CS4)C(c4ccc(F)cc4)C3)c2C)cc1. The highest BCUT2D eigenvalue weighted by Gasteiger charge is 2.36. The van der Waals surface area contributed by atoms with Crippen molar-refractivity contribution in [1.29, 1.82) is 0 Å². The number of amidine groups is 1. The second-order valence-electron chi connectivity index (χ2n) is 7.51. The molecule has 0 bridgehead atoms. The highest BCUT2D eigenvalue weighted by atomic mass is 32.2. The van der Waals surface area contributed by atoms with Crippen LogP contribution in [0.1, 0.15) is 35.0 Å². The standard InChI is InChI=1S/C22H19FN6OS/c1-13-3-9-17(10-4-13)28-14(2)21(25-27-28)18-11-19(15-5-7-16(23)8-6-15)29(26-18)22-24-20(30)12-31-22/h3-10,19H,11-12H2,1-2H3. The van der Waals surface area contributed by atoms with Crippen LogP contribution in [0.2, 0.25) is 0 Å². The Kier molecular flexibility index (Phi) is 4.90. The number of carbonyl (C=O) groups is 1. The molecule has 31 heavy (non-hydrogen) atoms. The van der Waals surface area contributed by atoms with E-state index in [4.69, 9.17) is 5.10 Å². The van der Waals surface area contributed by atoms with Gasteiger partial charge in [-0.3, -0.25) is 4.79 Å². The second kappa shape index (κ2) is 7.73. The monoisotopic (exact) mass is 434 g/mol. The van der Waals surface area contributed by atoms with E-state index in [-0.39, 0.29) is 17.8 Å². The van der Waals surface area contributed by atoms with Gasteiger partial charge in [0.1, 0.15) is 11.5 Å². The molecule has 5 rings (SSSR count). The number of nitrogens with zero attached hydrogens (tertiary/aromatic N) is 6. The van der Waals surface area contributed by atoms with Crippen molar-refractivity contribution in [2.24, 2.45) is 10.1 Å². The lowest BCUT2D eigenvalue weighted by Crippen LogP contribution is -2.23. The van der Waals surface area contributed by atoms with E-state index in [1.807, 2.05) is 38.1 Å². The van der Waals surface area contributed by atoms with Gasteiger partial charge in [-0.1, -0.05) is 46.8 Å². The number of halogens is 1. The molecule has 2 aliphatic rings. The summed E-state index contributed by atoms with van der Waals surface area (Å²) >= 11 is 1.36. The summed E-state index contributed by atoms with van der Waals surface area (Å²) in [5, 5.41) is 15.8. The summed E-state index contributed by atoms with van der Waals surface area (Å²) in [7, 11) is 0. The van der Waals surface area contributed by atoms with Crippen LogP contribution in [-0.2, 0) is 4.79 Å². The molecular formula is C22H19FN6OS. The predicted molar refractivity (Wildman–Crippen MR) is 118 cm³/mol. The summed E-state index contributed by atoms with van der Waals surface area (Å²) in [4.78, 5) is 15.8. The lowest BCUT2D eigenvalue weighted by molar-refractivity contribution is -0.115. The van der Waals surface area contributed by atoms with Crippen LogP contribution in [0.5, 0.6) is 0 Å². The van der Waals surface area contributed by atoms with Crippen molar-refractivity contribution in [3.63, 3.8) is 0 Å². The topological polar surface area (TPSA) is 75.7 Å². The van der Waals surface area contributed by atoms with Crippen LogP contribution >= 0.6 is 11.8 Å². The van der Waals surface area contributed by atoms with Gasteiger partial charge in [-0.05, 0) is 43.7 Å². The Bertz CT molecular complexity index is 1220. The molecule has 1 unspecified atom stereocenters. The van der Waals surface area contributed by atoms with Gasteiger partial charge in [0, 0.05) is 6.42 Å². The fourth-order valence-electron chi connectivity index (χ4n) is 3.72. The zero-order chi connectivity index (χ0) is 21.5. The maximum absolute atomic E-state index is 13.5. The van der Waals surface area contributed by atoms with E-state index in [1.54, 1.807) is 21.8 Å². The fraction of sp³-hybridized carbons (Fsp3) is 0.227. The Hall–Kier alpha value is -3.33. The van der Waals surface area contributed by atoms with Crippen molar-refractivity contribution >= 4 is 28.5 Å². The normalized spacial score (nSPS) is 18.5. The van der Waals surface area contributed by atoms with Crippen molar-refractivity contribution in [3.05, 3.63) is 76.9 Å². The number of rotatable bonds is 3. The molecule has 1 atom stereocenters. The molecule has 3 aromatic rings. The van der Waals surface area contributed by atoms with E-state index < -0.39 is 0 Å². The smallest absolute Gasteiger partial charge is 0.258 e. The minimum atomic E-state index is -0.297. The average molecular weight is 435 g/mol. The molecule has 2 aromatic carbocycles. The zero-order valence-electron chi connectivity index (χ0n) is 17.0. The molecule has 7 nitrogen and oxygen atoms in total. The Labute approximate surface area is 182 Å². The van der Waals surface area contributed by atoms with E-state index in [1.165, 1.54) is 29.5 Å². The zero-order valence-corrected chi connectivity index (χ0v) is 17.8. The molecule has 0 N–H and O–H groups in total. The molecule has 0 radical (unpaired) electrons. The molecule has 0 spiro atoms. The largest absolute Gasteiger partial charge is 0.272 e. The van der Waals surface area contributed by atoms with Gasteiger partial charge in [-0.2, -0.15) is 10.1 Å². The third-order valence-corrected chi connectivity index (χ3v) is 6.28. The van der Waals surface area contributed by atoms with Gasteiger partial charge >= 0.3 is 0 Å². The van der Waals surface area contributed by atoms with Crippen LogP contribution in [0.15, 0.2) is 58.6 Å². The fourth-order valence-corrected chi connectivity index (χ4v) is 4.50. The first-order chi connectivity index (χ1) is 15.0. The minimum Gasteiger partial charge on any atom is -0.272 e. The van der Waals surface area contributed by atoms with Gasteiger partial charge in [-0.25, -0.2) is 14.1 Å². The number of hydrogen-bond acceptors (Lipinski definition) is 6. The van der Waals surface area contributed by atoms with Gasteiger partial charge in [0.2, 0.25) is 0 Å². The van der Waals surface area contributed by atoms with Crippen LogP contribution in [0, 0.1) is 19.7 Å². The molecule has 1 amide bonds. The quantitative estimate of drug-likeness (QED) is 0.627. The molecule has 1 aromatic heterocycles. The highest BCUT2D eigenvalue weighted by Crippen LogP contribution is 2.36. The van der Waals surface area contributed by atoms with Gasteiger partial charge in [0.25, 0.3) is 5.91 Å². The molecular weight excluding hydrogens is 415 g/mol. The van der Waals surface area contributed by atoms with Crippen LogP contribution in [0.3, 0.4) is 0 Å². The van der Waals surface area contributed by atoms with Crippen molar-refractivity contribution in [3.8, 4) is 5.69 Å². The predicted octanol–water partition coefficient (Wildman–Crippen LogP) is 3.80. The lowest BCUT2D eigenvalue weighted by Gasteiger charge is -2.22. The maximum Gasteiger partial charge on any atom is 0.258 e. The molecule has 2 aliphatic heterocycles. The van der Waals surface area contributed by atoms with Crippen molar-refractivity contribution < 1.29 is 9.18 Å². The van der Waals surface area contributed by atoms with Crippen molar-refractivity contribution in [1.82, 2.24) is 20.0 Å². The summed E-state index contributed by atoms with van der Waals surface area (Å²) in [6.07, 6.45) is 0.548. The number of aryl methyl sites for hydroxylation is 1. The van der Waals surface area contributed by atoms with Crippen LogP contribution < -0.4 is 0 Å². The van der Waals surface area contributed by atoms with Crippen LogP contribution in [0.4, 0.5) is 4.39 Å². The Morgan fingerprint density at radius 3 is 2.48 bits per heavy atom. The van der Waals surface area contributed by atoms with E-state index >= 15 is 0 Å². The molecule has 0 fully saturated rings. The number of hydrogen-bond donors (Lipinski definition) is 0. The maximum atomic E-state index is 13.5. The van der Waals surface area contributed by atoms with Crippen LogP contribution in [0.25, 0.3) is 5.69 Å². The average Bonchev–Trinajstić information content (AvgIpc) is 3.47. The highest BCUT2D eigenvalue weighted by molar-refractivity contribution is 8.14. The molecule has 156 valence electrons. The Morgan fingerprint density at radius 2 is 1.81 bits per heavy atom. The third-order valence-electron chi connectivity index (χ3n) is 5.35. The van der Waals surface area contributed by atoms with E-state index in [0.717, 1.165) is 22.7 Å². The number of amides is 1. The number of carbonyl (C=O) groups excluding carboxylic acids is 1. The van der Waals surface area contributed by atoms with Gasteiger partial charge < -0.3 is 0 Å². The third kappa shape index (κ3) is 3.65. The summed E-state index contributed by atoms with van der Waals surface area (Å²) in [6.45, 7) is 3.99. The van der Waals surface area contributed by atoms with E-state index in [0.29, 0.717) is 23.0 Å². The first-order valence-electron chi connectivity index (χ1n) is 9.86. The van der Waals surface area contributed by atoms with Crippen molar-refractivity contribution in [2.45, 2.75) is 26.3 Å². The Balaban J connectivity index is 1.52. The van der Waals surface area contributed by atoms with Gasteiger partial charge in [0.05, 0.1) is 28.9 Å². The number of benzene rings is 2. The molecule has 9 heteroatoms. The summed E-state index contributed by atoms with van der Waals surface area (Å²) in [5.41, 5.74) is 5.32. The first-order valence-corrected chi connectivity index (χ1v) is 10.8. The minimum absolute atomic E-state index is 0.178. The summed E-state index contributed by atoms with van der Waals surface area (Å²) in [6, 6.07) is 14.2. The van der Waals surface area contributed by atoms with Crippen LogP contribution in [-0.4, -0.2) is 42.5 Å². The van der Waals surface area contributed by atoms with E-state index in [2.05, 4.69) is 15.3 Å².